The van der Waals surface area contributed by atoms with E-state index in [1.165, 1.54) is 28.6 Å². The summed E-state index contributed by atoms with van der Waals surface area (Å²) in [5, 5.41) is 5.85. The molecule has 0 aliphatic heterocycles. The highest BCUT2D eigenvalue weighted by Gasteiger charge is 2.23. The fourth-order valence-electron chi connectivity index (χ4n) is 1.93. The van der Waals surface area contributed by atoms with E-state index in [9.17, 15) is 0 Å². The van der Waals surface area contributed by atoms with Crippen LogP contribution in [0.3, 0.4) is 0 Å². The van der Waals surface area contributed by atoms with Gasteiger partial charge >= 0.3 is 0 Å². The van der Waals surface area contributed by atoms with Gasteiger partial charge in [-0.15, -0.1) is 11.3 Å². The number of thiophene rings is 1. The molecule has 0 aromatic carbocycles. The zero-order valence-electron chi connectivity index (χ0n) is 11.3. The van der Waals surface area contributed by atoms with Gasteiger partial charge in [0, 0.05) is 20.8 Å². The third-order valence-electron chi connectivity index (χ3n) is 2.99. The van der Waals surface area contributed by atoms with Crippen LogP contribution < -0.4 is 5.32 Å². The summed E-state index contributed by atoms with van der Waals surface area (Å²) in [5.41, 5.74) is 0.337. The van der Waals surface area contributed by atoms with Crippen LogP contribution in [0.5, 0.6) is 0 Å². The lowest BCUT2D eigenvalue weighted by atomic mass is 9.84. The van der Waals surface area contributed by atoms with E-state index in [1.54, 1.807) is 0 Å². The highest BCUT2D eigenvalue weighted by molar-refractivity contribution is 9.10. The Labute approximate surface area is 118 Å². The van der Waals surface area contributed by atoms with Crippen molar-refractivity contribution in [1.82, 2.24) is 5.32 Å². The Bertz CT molecular complexity index is 327. The molecule has 1 nitrogen and oxygen atoms in total. The molecule has 1 aromatic rings. The smallest absolute Gasteiger partial charge is 0.0285 e. The number of hydrogen-bond donors (Lipinski definition) is 1. The van der Waals surface area contributed by atoms with Crippen LogP contribution in [0.1, 0.15) is 45.4 Å². The summed E-state index contributed by atoms with van der Waals surface area (Å²) in [5.74, 6) is 0. The molecule has 0 saturated carbocycles. The van der Waals surface area contributed by atoms with Gasteiger partial charge in [-0.05, 0) is 53.2 Å². The van der Waals surface area contributed by atoms with Crippen molar-refractivity contribution < 1.29 is 0 Å². The van der Waals surface area contributed by atoms with Crippen molar-refractivity contribution in [1.29, 1.82) is 0 Å². The van der Waals surface area contributed by atoms with Gasteiger partial charge in [-0.1, -0.05) is 27.7 Å². The van der Waals surface area contributed by atoms with Crippen molar-refractivity contribution in [3.63, 3.8) is 0 Å². The van der Waals surface area contributed by atoms with E-state index < -0.39 is 0 Å². The van der Waals surface area contributed by atoms with Gasteiger partial charge in [0.15, 0.2) is 0 Å². The average molecular weight is 318 g/mol. The van der Waals surface area contributed by atoms with E-state index in [-0.39, 0.29) is 0 Å². The monoisotopic (exact) mass is 317 g/mol. The average Bonchev–Trinajstić information content (AvgIpc) is 2.62. The van der Waals surface area contributed by atoms with Crippen LogP contribution in [0, 0.1) is 5.41 Å². The number of nitrogens with one attached hydrogen (secondary N) is 1. The van der Waals surface area contributed by atoms with Gasteiger partial charge in [0.25, 0.3) is 0 Å². The van der Waals surface area contributed by atoms with Gasteiger partial charge in [-0.25, -0.2) is 0 Å². The van der Waals surface area contributed by atoms with Crippen molar-refractivity contribution >= 4 is 27.3 Å². The Morgan fingerprint density at radius 1 is 1.41 bits per heavy atom. The lowest BCUT2D eigenvalue weighted by Crippen LogP contribution is -2.41. The maximum atomic E-state index is 3.68. The van der Waals surface area contributed by atoms with Gasteiger partial charge in [0.1, 0.15) is 0 Å². The molecule has 0 aliphatic rings. The summed E-state index contributed by atoms with van der Waals surface area (Å²) in [6.07, 6.45) is 3.60. The molecule has 0 bridgehead atoms. The fraction of sp³-hybridized carbons (Fsp3) is 0.714. The molecule has 3 heteroatoms. The molecule has 0 fully saturated rings. The highest BCUT2D eigenvalue weighted by atomic mass is 79.9. The van der Waals surface area contributed by atoms with E-state index in [0.717, 1.165) is 6.54 Å². The molecular formula is C14H24BrNS. The molecule has 1 unspecified atom stereocenters. The third-order valence-corrected chi connectivity index (χ3v) is 4.74. The minimum absolute atomic E-state index is 0.337. The Morgan fingerprint density at radius 3 is 2.59 bits per heavy atom. The second kappa shape index (κ2) is 6.91. The van der Waals surface area contributed by atoms with E-state index in [2.05, 4.69) is 60.4 Å². The molecule has 1 atom stereocenters. The first-order valence-corrected chi connectivity index (χ1v) is 8.07. The molecular weight excluding hydrogens is 294 g/mol. The number of aryl methyl sites for hydroxylation is 1. The third kappa shape index (κ3) is 5.54. The van der Waals surface area contributed by atoms with Crippen molar-refractivity contribution in [2.45, 2.75) is 53.0 Å². The molecule has 1 rings (SSSR count). The van der Waals surface area contributed by atoms with Crippen LogP contribution in [-0.4, -0.2) is 12.6 Å². The minimum Gasteiger partial charge on any atom is -0.313 e. The fourth-order valence-corrected chi connectivity index (χ4v) is 3.40. The molecule has 0 radical (unpaired) electrons. The van der Waals surface area contributed by atoms with E-state index in [0.29, 0.717) is 11.5 Å². The second-order valence-corrected chi connectivity index (χ2v) is 7.55. The van der Waals surface area contributed by atoms with Crippen LogP contribution >= 0.6 is 27.3 Å². The molecule has 0 amide bonds. The Kier molecular flexibility index (Phi) is 6.18. The van der Waals surface area contributed by atoms with Crippen LogP contribution in [0.25, 0.3) is 0 Å². The molecule has 1 heterocycles. The number of halogens is 1. The summed E-state index contributed by atoms with van der Waals surface area (Å²) < 4.78 is 1.21. The van der Waals surface area contributed by atoms with Gasteiger partial charge in [-0.3, -0.25) is 0 Å². The molecule has 1 aromatic heterocycles. The predicted molar refractivity (Wildman–Crippen MR) is 81.9 cm³/mol. The normalized spacial score (nSPS) is 13.9. The van der Waals surface area contributed by atoms with Crippen molar-refractivity contribution in [2.75, 3.05) is 6.54 Å². The Morgan fingerprint density at radius 2 is 2.12 bits per heavy atom. The summed E-state index contributed by atoms with van der Waals surface area (Å²) >= 11 is 5.37. The lowest BCUT2D eigenvalue weighted by Gasteiger charge is -2.31. The first-order chi connectivity index (χ1) is 7.93. The van der Waals surface area contributed by atoms with Crippen LogP contribution in [0.15, 0.2) is 15.9 Å². The van der Waals surface area contributed by atoms with Crippen molar-refractivity contribution in [3.8, 4) is 0 Å². The van der Waals surface area contributed by atoms with Crippen LogP contribution in [-0.2, 0) is 6.42 Å². The summed E-state index contributed by atoms with van der Waals surface area (Å²) in [6.45, 7) is 10.3. The van der Waals surface area contributed by atoms with Crippen molar-refractivity contribution in [3.05, 3.63) is 20.8 Å². The van der Waals surface area contributed by atoms with Crippen LogP contribution in [0.2, 0.25) is 0 Å². The molecule has 98 valence electrons. The minimum atomic E-state index is 0.337. The molecule has 0 spiro atoms. The van der Waals surface area contributed by atoms with E-state index in [4.69, 9.17) is 0 Å². The SMILES string of the molecule is CCCNC(CCc1cc(Br)cs1)C(C)(C)C. The van der Waals surface area contributed by atoms with Gasteiger partial charge in [0.2, 0.25) is 0 Å². The highest BCUT2D eigenvalue weighted by Crippen LogP contribution is 2.26. The standard InChI is InChI=1S/C14H24BrNS/c1-5-8-16-13(14(2,3)4)7-6-12-9-11(15)10-17-12/h9-10,13,16H,5-8H2,1-4H3. The van der Waals surface area contributed by atoms with Gasteiger partial charge in [-0.2, -0.15) is 0 Å². The summed E-state index contributed by atoms with van der Waals surface area (Å²) in [6, 6.07) is 2.84. The predicted octanol–water partition coefficient (Wildman–Crippen LogP) is 4.86. The maximum Gasteiger partial charge on any atom is 0.0285 e. The van der Waals surface area contributed by atoms with Crippen molar-refractivity contribution in [2.24, 2.45) is 5.41 Å². The zero-order valence-corrected chi connectivity index (χ0v) is 13.7. The summed E-state index contributed by atoms with van der Waals surface area (Å²) in [7, 11) is 0. The number of hydrogen-bond acceptors (Lipinski definition) is 2. The van der Waals surface area contributed by atoms with Gasteiger partial charge < -0.3 is 5.32 Å². The first-order valence-electron chi connectivity index (χ1n) is 6.39. The topological polar surface area (TPSA) is 12.0 Å². The molecule has 0 aliphatic carbocycles. The lowest BCUT2D eigenvalue weighted by molar-refractivity contribution is 0.255. The van der Waals surface area contributed by atoms with E-state index >= 15 is 0 Å². The Balaban J connectivity index is 2.49. The first kappa shape index (κ1) is 15.2. The number of rotatable bonds is 6. The molecule has 17 heavy (non-hydrogen) atoms. The van der Waals surface area contributed by atoms with E-state index in [1.807, 2.05) is 11.3 Å². The summed E-state index contributed by atoms with van der Waals surface area (Å²) in [4.78, 5) is 1.48. The van der Waals surface area contributed by atoms with Gasteiger partial charge in [0.05, 0.1) is 0 Å². The largest absolute Gasteiger partial charge is 0.313 e. The second-order valence-electron chi connectivity index (χ2n) is 5.64. The zero-order chi connectivity index (χ0) is 12.9. The Hall–Kier alpha value is 0.140. The molecule has 0 saturated heterocycles. The molecule has 1 N–H and O–H groups in total. The maximum absolute atomic E-state index is 3.68. The van der Waals surface area contributed by atoms with Crippen LogP contribution in [0.4, 0.5) is 0 Å². The quantitative estimate of drug-likeness (QED) is 0.790.